The quantitative estimate of drug-likeness (QED) is 0.725. The third-order valence-electron chi connectivity index (χ3n) is 2.10. The minimum Gasteiger partial charge on any atom is -0.490 e. The van der Waals surface area contributed by atoms with Gasteiger partial charge in [0.15, 0.2) is 0 Å². The highest BCUT2D eigenvalue weighted by molar-refractivity contribution is 6.32. The van der Waals surface area contributed by atoms with Crippen LogP contribution in [0.2, 0.25) is 5.02 Å². The van der Waals surface area contributed by atoms with Gasteiger partial charge in [-0.2, -0.15) is 0 Å². The molecule has 0 saturated heterocycles. The van der Waals surface area contributed by atoms with E-state index in [2.05, 4.69) is 0 Å². The molecule has 96 valence electrons. The van der Waals surface area contributed by atoms with E-state index in [1.165, 1.54) is 0 Å². The van der Waals surface area contributed by atoms with Gasteiger partial charge in [-0.05, 0) is 17.7 Å². The van der Waals surface area contributed by atoms with E-state index in [-0.39, 0.29) is 6.61 Å². The van der Waals surface area contributed by atoms with Crippen LogP contribution in [0.15, 0.2) is 18.2 Å². The van der Waals surface area contributed by atoms with E-state index in [1.807, 2.05) is 0 Å². The number of methoxy groups -OCH3 is 1. The van der Waals surface area contributed by atoms with Crippen LogP contribution in [-0.2, 0) is 16.1 Å². The molecule has 0 saturated carbocycles. The molecule has 0 amide bonds. The molecule has 1 aromatic carbocycles. The molecule has 0 aliphatic carbocycles. The van der Waals surface area contributed by atoms with Crippen molar-refractivity contribution in [1.29, 1.82) is 0 Å². The monoisotopic (exact) mass is 260 g/mol. The highest BCUT2D eigenvalue weighted by Crippen LogP contribution is 2.25. The van der Waals surface area contributed by atoms with E-state index < -0.39 is 0 Å². The summed E-state index contributed by atoms with van der Waals surface area (Å²) in [5.74, 6) is 0.596. The molecule has 0 fully saturated rings. The van der Waals surface area contributed by atoms with Gasteiger partial charge < -0.3 is 19.3 Å². The largest absolute Gasteiger partial charge is 0.490 e. The molecule has 0 unspecified atom stereocenters. The lowest BCUT2D eigenvalue weighted by molar-refractivity contribution is 0.0544. The van der Waals surface area contributed by atoms with Crippen LogP contribution in [0.5, 0.6) is 5.75 Å². The Labute approximate surface area is 106 Å². The minimum atomic E-state index is -0.0276. The molecule has 0 radical (unpaired) electrons. The fraction of sp³-hybridized carbons (Fsp3) is 0.500. The SMILES string of the molecule is COCCOCCOc1ccc(CO)cc1Cl. The van der Waals surface area contributed by atoms with Gasteiger partial charge in [-0.25, -0.2) is 0 Å². The van der Waals surface area contributed by atoms with Crippen molar-refractivity contribution in [3.05, 3.63) is 28.8 Å². The van der Waals surface area contributed by atoms with Crippen molar-refractivity contribution >= 4 is 11.6 Å². The lowest BCUT2D eigenvalue weighted by Crippen LogP contribution is -2.10. The fourth-order valence-corrected chi connectivity index (χ4v) is 1.47. The van der Waals surface area contributed by atoms with E-state index in [4.69, 9.17) is 30.9 Å². The smallest absolute Gasteiger partial charge is 0.138 e. The Hall–Kier alpha value is -0.810. The zero-order valence-corrected chi connectivity index (χ0v) is 10.6. The van der Waals surface area contributed by atoms with Crippen molar-refractivity contribution in [2.75, 3.05) is 33.5 Å². The Morgan fingerprint density at radius 2 is 1.94 bits per heavy atom. The Balaban J connectivity index is 2.27. The third kappa shape index (κ3) is 5.37. The Morgan fingerprint density at radius 1 is 1.18 bits per heavy atom. The molecule has 0 spiro atoms. The van der Waals surface area contributed by atoms with Crippen molar-refractivity contribution in [3.8, 4) is 5.75 Å². The molecule has 1 N–H and O–H groups in total. The molecule has 0 aliphatic rings. The van der Waals surface area contributed by atoms with Crippen molar-refractivity contribution in [1.82, 2.24) is 0 Å². The van der Waals surface area contributed by atoms with Gasteiger partial charge in [0.25, 0.3) is 0 Å². The van der Waals surface area contributed by atoms with Gasteiger partial charge in [-0.3, -0.25) is 0 Å². The second kappa shape index (κ2) is 8.31. The molecule has 0 heterocycles. The predicted molar refractivity (Wildman–Crippen MR) is 65.6 cm³/mol. The van der Waals surface area contributed by atoms with E-state index >= 15 is 0 Å². The molecule has 0 atom stereocenters. The number of rotatable bonds is 8. The Morgan fingerprint density at radius 3 is 2.59 bits per heavy atom. The predicted octanol–water partition coefficient (Wildman–Crippen LogP) is 1.87. The highest BCUT2D eigenvalue weighted by Gasteiger charge is 2.02. The Kier molecular flexibility index (Phi) is 6.96. The first kappa shape index (κ1) is 14.3. The van der Waals surface area contributed by atoms with E-state index in [1.54, 1.807) is 25.3 Å². The van der Waals surface area contributed by atoms with Gasteiger partial charge >= 0.3 is 0 Å². The summed E-state index contributed by atoms with van der Waals surface area (Å²) in [6.45, 7) is 2.02. The first-order chi connectivity index (χ1) is 8.27. The van der Waals surface area contributed by atoms with Crippen molar-refractivity contribution < 1.29 is 19.3 Å². The van der Waals surface area contributed by atoms with Crippen LogP contribution in [0.4, 0.5) is 0 Å². The maximum Gasteiger partial charge on any atom is 0.138 e. The van der Waals surface area contributed by atoms with Gasteiger partial charge in [-0.1, -0.05) is 17.7 Å². The third-order valence-corrected chi connectivity index (χ3v) is 2.39. The summed E-state index contributed by atoms with van der Waals surface area (Å²) in [6.07, 6.45) is 0. The minimum absolute atomic E-state index is 0.0276. The summed E-state index contributed by atoms with van der Waals surface area (Å²) in [5, 5.41) is 9.41. The van der Waals surface area contributed by atoms with Gasteiger partial charge in [-0.15, -0.1) is 0 Å². The zero-order chi connectivity index (χ0) is 12.5. The van der Waals surface area contributed by atoms with Gasteiger partial charge in [0.1, 0.15) is 12.4 Å². The van der Waals surface area contributed by atoms with Gasteiger partial charge in [0, 0.05) is 7.11 Å². The van der Waals surface area contributed by atoms with Crippen LogP contribution < -0.4 is 4.74 Å². The summed E-state index contributed by atoms with van der Waals surface area (Å²) >= 11 is 5.97. The van der Waals surface area contributed by atoms with Crippen molar-refractivity contribution in [2.24, 2.45) is 0 Å². The lowest BCUT2D eigenvalue weighted by Gasteiger charge is -2.09. The van der Waals surface area contributed by atoms with Crippen LogP contribution in [-0.4, -0.2) is 38.6 Å². The second-order valence-corrected chi connectivity index (χ2v) is 3.78. The van der Waals surface area contributed by atoms with Crippen LogP contribution in [0.3, 0.4) is 0 Å². The summed E-state index contributed by atoms with van der Waals surface area (Å²) in [5.41, 5.74) is 0.763. The summed E-state index contributed by atoms with van der Waals surface area (Å²) < 4.78 is 15.5. The fourth-order valence-electron chi connectivity index (χ4n) is 1.21. The zero-order valence-electron chi connectivity index (χ0n) is 9.82. The number of benzene rings is 1. The van der Waals surface area contributed by atoms with E-state index in [0.29, 0.717) is 37.2 Å². The Bertz CT molecular complexity index is 330. The molecular formula is C12H17ClO4. The maximum atomic E-state index is 8.92. The van der Waals surface area contributed by atoms with E-state index in [0.717, 1.165) is 5.56 Å². The molecule has 0 aliphatic heterocycles. The maximum absolute atomic E-state index is 8.92. The second-order valence-electron chi connectivity index (χ2n) is 3.38. The number of hydrogen-bond donors (Lipinski definition) is 1. The van der Waals surface area contributed by atoms with Gasteiger partial charge in [0.2, 0.25) is 0 Å². The standard InChI is InChI=1S/C12H17ClO4/c1-15-4-5-16-6-7-17-12-3-2-10(9-14)8-11(12)13/h2-3,8,14H,4-7,9H2,1H3. The van der Waals surface area contributed by atoms with Crippen molar-refractivity contribution in [2.45, 2.75) is 6.61 Å². The number of ether oxygens (including phenoxy) is 3. The molecule has 1 rings (SSSR count). The highest BCUT2D eigenvalue weighted by atomic mass is 35.5. The topological polar surface area (TPSA) is 47.9 Å². The summed E-state index contributed by atoms with van der Waals surface area (Å²) in [6, 6.07) is 5.19. The molecule has 1 aromatic rings. The molecule has 0 bridgehead atoms. The number of aliphatic hydroxyl groups excluding tert-OH is 1. The number of hydrogen-bond acceptors (Lipinski definition) is 4. The normalized spacial score (nSPS) is 10.5. The first-order valence-corrected chi connectivity index (χ1v) is 5.74. The van der Waals surface area contributed by atoms with E-state index in [9.17, 15) is 0 Å². The number of aliphatic hydroxyl groups is 1. The molecule has 17 heavy (non-hydrogen) atoms. The molecule has 0 aromatic heterocycles. The van der Waals surface area contributed by atoms with Crippen molar-refractivity contribution in [3.63, 3.8) is 0 Å². The van der Waals surface area contributed by atoms with Crippen LogP contribution in [0.25, 0.3) is 0 Å². The number of halogens is 1. The molecular weight excluding hydrogens is 244 g/mol. The van der Waals surface area contributed by atoms with Crippen LogP contribution >= 0.6 is 11.6 Å². The lowest BCUT2D eigenvalue weighted by atomic mass is 10.2. The van der Waals surface area contributed by atoms with Crippen LogP contribution in [0.1, 0.15) is 5.56 Å². The first-order valence-electron chi connectivity index (χ1n) is 5.36. The average Bonchev–Trinajstić information content (AvgIpc) is 2.35. The van der Waals surface area contributed by atoms with Gasteiger partial charge in [0.05, 0.1) is 31.5 Å². The summed E-state index contributed by atoms with van der Waals surface area (Å²) in [7, 11) is 1.63. The van der Waals surface area contributed by atoms with Crippen LogP contribution in [0, 0.1) is 0 Å². The average molecular weight is 261 g/mol. The molecule has 5 heteroatoms. The summed E-state index contributed by atoms with van der Waals surface area (Å²) in [4.78, 5) is 0. The molecule has 4 nitrogen and oxygen atoms in total.